The monoisotopic (exact) mass is 472 g/mol. The molecule has 2 rings (SSSR count). The lowest BCUT2D eigenvalue weighted by atomic mass is 10.1. The summed E-state index contributed by atoms with van der Waals surface area (Å²) in [5.41, 5.74) is 4.80. The van der Waals surface area contributed by atoms with E-state index in [1.807, 2.05) is 31.2 Å². The van der Waals surface area contributed by atoms with Crippen LogP contribution in [0.2, 0.25) is 0 Å². The van der Waals surface area contributed by atoms with Gasteiger partial charge in [-0.3, -0.25) is 4.79 Å². The highest BCUT2D eigenvalue weighted by atomic mass is 127. The Balaban J connectivity index is 2.10. The maximum absolute atomic E-state index is 12.1. The lowest BCUT2D eigenvalue weighted by molar-refractivity contribution is 0.0954. The number of hydrazone groups is 1. The van der Waals surface area contributed by atoms with E-state index in [1.165, 1.54) is 0 Å². The number of carbonyl (C=O) groups is 1. The van der Waals surface area contributed by atoms with Crippen LogP contribution in [0, 0.1) is 3.57 Å². The van der Waals surface area contributed by atoms with E-state index in [0.29, 0.717) is 5.56 Å². The van der Waals surface area contributed by atoms with Gasteiger partial charge < -0.3 is 4.74 Å². The molecular weight excluding hydrogens is 459 g/mol. The van der Waals surface area contributed by atoms with Crippen LogP contribution in [0.5, 0.6) is 5.75 Å². The topological polar surface area (TPSA) is 50.7 Å². The molecule has 0 aliphatic carbocycles. The molecule has 6 heteroatoms. The van der Waals surface area contributed by atoms with Crippen LogP contribution in [-0.4, -0.2) is 18.7 Å². The zero-order chi connectivity index (χ0) is 16.1. The summed E-state index contributed by atoms with van der Waals surface area (Å²) in [6, 6.07) is 13.0. The van der Waals surface area contributed by atoms with Crippen molar-refractivity contribution in [2.75, 3.05) is 7.11 Å². The first-order chi connectivity index (χ1) is 10.5. The maximum Gasteiger partial charge on any atom is 0.271 e. The van der Waals surface area contributed by atoms with Crippen molar-refractivity contribution in [3.05, 3.63) is 61.6 Å². The maximum atomic E-state index is 12.1. The third-order valence-corrected chi connectivity index (χ3v) is 4.37. The molecule has 0 heterocycles. The summed E-state index contributed by atoms with van der Waals surface area (Å²) in [6.45, 7) is 1.85. The van der Waals surface area contributed by atoms with E-state index in [1.54, 1.807) is 25.3 Å². The van der Waals surface area contributed by atoms with Crippen LogP contribution < -0.4 is 10.2 Å². The second-order valence-corrected chi connectivity index (χ2v) is 6.57. The van der Waals surface area contributed by atoms with Crippen molar-refractivity contribution in [1.82, 2.24) is 5.43 Å². The van der Waals surface area contributed by atoms with Gasteiger partial charge in [0.1, 0.15) is 5.75 Å². The molecule has 0 saturated carbocycles. The van der Waals surface area contributed by atoms with Crippen LogP contribution in [0.1, 0.15) is 22.8 Å². The van der Waals surface area contributed by atoms with Crippen molar-refractivity contribution >= 4 is 50.1 Å². The van der Waals surface area contributed by atoms with Crippen molar-refractivity contribution in [2.45, 2.75) is 6.92 Å². The summed E-state index contributed by atoms with van der Waals surface area (Å²) < 4.78 is 7.05. The van der Waals surface area contributed by atoms with Gasteiger partial charge >= 0.3 is 0 Å². The first kappa shape index (κ1) is 17.0. The number of benzene rings is 2. The number of halogens is 2. The molecule has 0 aliphatic heterocycles. The average molecular weight is 473 g/mol. The van der Waals surface area contributed by atoms with E-state index in [0.717, 1.165) is 25.1 Å². The molecule has 0 aliphatic rings. The van der Waals surface area contributed by atoms with Gasteiger partial charge in [-0.2, -0.15) is 5.10 Å². The third kappa shape index (κ3) is 4.30. The number of nitrogens with one attached hydrogen (secondary N) is 1. The van der Waals surface area contributed by atoms with Gasteiger partial charge in [0.05, 0.1) is 16.4 Å². The van der Waals surface area contributed by atoms with Gasteiger partial charge in [-0.05, 0) is 65.4 Å². The lowest BCUT2D eigenvalue weighted by Crippen LogP contribution is -2.19. The van der Waals surface area contributed by atoms with Crippen molar-refractivity contribution < 1.29 is 9.53 Å². The molecule has 0 saturated heterocycles. The summed E-state index contributed by atoms with van der Waals surface area (Å²) in [6.07, 6.45) is 0. The van der Waals surface area contributed by atoms with Gasteiger partial charge in [-0.1, -0.05) is 28.1 Å². The number of rotatable bonds is 4. The van der Waals surface area contributed by atoms with E-state index in [9.17, 15) is 4.79 Å². The van der Waals surface area contributed by atoms with Crippen molar-refractivity contribution in [3.63, 3.8) is 0 Å². The van der Waals surface area contributed by atoms with Gasteiger partial charge in [0.25, 0.3) is 5.91 Å². The first-order valence-electron chi connectivity index (χ1n) is 6.45. The van der Waals surface area contributed by atoms with Crippen molar-refractivity contribution in [3.8, 4) is 5.75 Å². The van der Waals surface area contributed by atoms with E-state index >= 15 is 0 Å². The number of hydrogen-bond donors (Lipinski definition) is 1. The molecule has 0 fully saturated rings. The van der Waals surface area contributed by atoms with Crippen molar-refractivity contribution in [1.29, 1.82) is 0 Å². The fourth-order valence-electron chi connectivity index (χ4n) is 1.76. The van der Waals surface area contributed by atoms with Gasteiger partial charge in [0.2, 0.25) is 0 Å². The summed E-state index contributed by atoms with van der Waals surface area (Å²) in [5, 5.41) is 4.14. The first-order valence-corrected chi connectivity index (χ1v) is 8.32. The summed E-state index contributed by atoms with van der Waals surface area (Å²) in [4.78, 5) is 12.1. The molecule has 2 aromatic carbocycles. The zero-order valence-electron chi connectivity index (χ0n) is 12.1. The van der Waals surface area contributed by atoms with Gasteiger partial charge in [-0.25, -0.2) is 5.43 Å². The van der Waals surface area contributed by atoms with Gasteiger partial charge in [0.15, 0.2) is 0 Å². The molecule has 4 nitrogen and oxygen atoms in total. The standard InChI is InChI=1S/C16H14BrIN2O2/c1-10(11-3-6-13(17)7-4-11)19-20-16(21)12-5-8-15(22-2)14(18)9-12/h3-9H,1-2H3,(H,20,21)/b19-10-. The minimum atomic E-state index is -0.253. The predicted octanol–water partition coefficient (Wildman–Crippen LogP) is 4.22. The average Bonchev–Trinajstić information content (AvgIpc) is 2.52. The Bertz CT molecular complexity index is 715. The smallest absolute Gasteiger partial charge is 0.271 e. The molecule has 2 aromatic rings. The molecule has 0 spiro atoms. The Morgan fingerprint density at radius 3 is 2.41 bits per heavy atom. The second-order valence-electron chi connectivity index (χ2n) is 4.49. The van der Waals surface area contributed by atoms with Crippen LogP contribution in [0.4, 0.5) is 0 Å². The summed E-state index contributed by atoms with van der Waals surface area (Å²) >= 11 is 5.51. The van der Waals surface area contributed by atoms with E-state index in [-0.39, 0.29) is 5.91 Å². The Morgan fingerprint density at radius 1 is 1.18 bits per heavy atom. The molecule has 114 valence electrons. The fourth-order valence-corrected chi connectivity index (χ4v) is 2.76. The van der Waals surface area contributed by atoms with Crippen LogP contribution in [-0.2, 0) is 0 Å². The number of carbonyl (C=O) groups excluding carboxylic acids is 1. The molecule has 0 unspecified atom stereocenters. The summed E-state index contributed by atoms with van der Waals surface area (Å²) in [7, 11) is 1.60. The fraction of sp³-hybridized carbons (Fsp3) is 0.125. The Hall–Kier alpha value is -1.41. The van der Waals surface area contributed by atoms with Crippen LogP contribution in [0.25, 0.3) is 0 Å². The predicted molar refractivity (Wildman–Crippen MR) is 99.5 cm³/mol. The second kappa shape index (κ2) is 7.73. The van der Waals surface area contributed by atoms with E-state index in [4.69, 9.17) is 4.74 Å². The number of nitrogens with zero attached hydrogens (tertiary/aromatic N) is 1. The van der Waals surface area contributed by atoms with Gasteiger partial charge in [-0.15, -0.1) is 0 Å². The highest BCUT2D eigenvalue weighted by Gasteiger charge is 2.08. The van der Waals surface area contributed by atoms with E-state index in [2.05, 4.69) is 49.0 Å². The highest BCUT2D eigenvalue weighted by molar-refractivity contribution is 14.1. The molecule has 1 amide bonds. The Morgan fingerprint density at radius 2 is 1.82 bits per heavy atom. The van der Waals surface area contributed by atoms with E-state index < -0.39 is 0 Å². The SMILES string of the molecule is COc1ccc(C(=O)N/N=C(/C)c2ccc(Br)cc2)cc1I. The molecule has 0 aromatic heterocycles. The van der Waals surface area contributed by atoms with Crippen LogP contribution in [0.15, 0.2) is 52.0 Å². The quantitative estimate of drug-likeness (QED) is 0.411. The molecule has 1 N–H and O–H groups in total. The molecule has 0 radical (unpaired) electrons. The number of ether oxygens (including phenoxy) is 1. The minimum Gasteiger partial charge on any atom is -0.496 e. The van der Waals surface area contributed by atoms with Crippen LogP contribution >= 0.6 is 38.5 Å². The molecule has 22 heavy (non-hydrogen) atoms. The van der Waals surface area contributed by atoms with Crippen LogP contribution in [0.3, 0.4) is 0 Å². The number of amides is 1. The largest absolute Gasteiger partial charge is 0.496 e. The zero-order valence-corrected chi connectivity index (χ0v) is 15.8. The van der Waals surface area contributed by atoms with Crippen molar-refractivity contribution in [2.24, 2.45) is 5.10 Å². The molecule has 0 bridgehead atoms. The molecule has 0 atom stereocenters. The highest BCUT2D eigenvalue weighted by Crippen LogP contribution is 2.21. The summed E-state index contributed by atoms with van der Waals surface area (Å²) in [5.74, 6) is 0.490. The number of methoxy groups -OCH3 is 1. The minimum absolute atomic E-state index is 0.253. The third-order valence-electron chi connectivity index (χ3n) is 3.00. The van der Waals surface area contributed by atoms with Gasteiger partial charge in [0, 0.05) is 10.0 Å². The molecular formula is C16H14BrIN2O2. The Labute approximate surface area is 151 Å². The number of hydrogen-bond acceptors (Lipinski definition) is 3. The Kier molecular flexibility index (Phi) is 5.96. The normalized spacial score (nSPS) is 11.2. The lowest BCUT2D eigenvalue weighted by Gasteiger charge is -2.06.